The van der Waals surface area contributed by atoms with Crippen molar-refractivity contribution in [3.8, 4) is 0 Å². The van der Waals surface area contributed by atoms with Crippen LogP contribution in [0.5, 0.6) is 0 Å². The van der Waals surface area contributed by atoms with Gasteiger partial charge >= 0.3 is 5.97 Å². The molecule has 0 aromatic carbocycles. The summed E-state index contributed by atoms with van der Waals surface area (Å²) in [6, 6.07) is 0. The number of nitrogens with zero attached hydrogens (tertiary/aromatic N) is 1. The second-order valence-corrected chi connectivity index (χ2v) is 8.01. The molecule has 2 rings (SSSR count). The Balaban J connectivity index is 2.07. The van der Waals surface area contributed by atoms with Crippen LogP contribution in [0.4, 0.5) is 0 Å². The van der Waals surface area contributed by atoms with E-state index in [1.807, 2.05) is 23.6 Å². The lowest BCUT2D eigenvalue weighted by molar-refractivity contribution is -0.149. The van der Waals surface area contributed by atoms with Crippen LogP contribution in [0.15, 0.2) is 0 Å². The van der Waals surface area contributed by atoms with Gasteiger partial charge in [-0.25, -0.2) is 0 Å². The van der Waals surface area contributed by atoms with E-state index in [1.165, 1.54) is 0 Å². The standard InChI is InChI=1S/C14H23NO3S/c1-8-4-11(12(5-8)14(17)18)13(16)15-6-9(2)19-10(3)7-15/h8-12H,4-7H2,1-3H3,(H,17,18)/t8?,9?,10?,11-,12+/m0/s1. The Morgan fingerprint density at radius 1 is 1.05 bits per heavy atom. The zero-order valence-corrected chi connectivity index (χ0v) is 12.7. The molecular formula is C14H23NO3S. The van der Waals surface area contributed by atoms with Gasteiger partial charge in [0.2, 0.25) is 5.91 Å². The van der Waals surface area contributed by atoms with Gasteiger partial charge in [0, 0.05) is 23.6 Å². The first-order chi connectivity index (χ1) is 8.88. The highest BCUT2D eigenvalue weighted by atomic mass is 32.2. The number of rotatable bonds is 2. The van der Waals surface area contributed by atoms with Crippen molar-refractivity contribution in [3.05, 3.63) is 0 Å². The lowest BCUT2D eigenvalue weighted by Crippen LogP contribution is -2.47. The van der Waals surface area contributed by atoms with Crippen LogP contribution in [0.1, 0.15) is 33.6 Å². The molecule has 4 nitrogen and oxygen atoms in total. The van der Waals surface area contributed by atoms with Gasteiger partial charge in [0.1, 0.15) is 0 Å². The molecule has 1 aliphatic heterocycles. The summed E-state index contributed by atoms with van der Waals surface area (Å²) < 4.78 is 0. The Morgan fingerprint density at radius 2 is 1.58 bits per heavy atom. The molecule has 2 fully saturated rings. The van der Waals surface area contributed by atoms with Crippen LogP contribution in [-0.2, 0) is 9.59 Å². The van der Waals surface area contributed by atoms with E-state index in [0.717, 1.165) is 19.5 Å². The third-order valence-electron chi connectivity index (χ3n) is 4.16. The Kier molecular flexibility index (Phi) is 4.43. The van der Waals surface area contributed by atoms with E-state index in [1.54, 1.807) is 0 Å². The molecule has 0 bridgehead atoms. The van der Waals surface area contributed by atoms with Gasteiger partial charge in [-0.2, -0.15) is 11.8 Å². The Labute approximate surface area is 118 Å². The van der Waals surface area contributed by atoms with E-state index in [-0.39, 0.29) is 11.8 Å². The number of carbonyl (C=O) groups excluding carboxylic acids is 1. The molecule has 1 aliphatic carbocycles. The molecular weight excluding hydrogens is 262 g/mol. The number of carbonyl (C=O) groups is 2. The molecule has 0 radical (unpaired) electrons. The highest BCUT2D eigenvalue weighted by Gasteiger charge is 2.43. The van der Waals surface area contributed by atoms with Crippen LogP contribution < -0.4 is 0 Å². The zero-order chi connectivity index (χ0) is 14.2. The second kappa shape index (κ2) is 5.73. The SMILES string of the molecule is CC1C[C@H](C(=O)N2CC(C)SC(C)C2)[C@H](C(=O)O)C1. The molecule has 1 amide bonds. The third kappa shape index (κ3) is 3.25. The fraction of sp³-hybridized carbons (Fsp3) is 0.857. The molecule has 1 saturated carbocycles. The summed E-state index contributed by atoms with van der Waals surface area (Å²) in [4.78, 5) is 25.8. The van der Waals surface area contributed by atoms with Gasteiger partial charge < -0.3 is 10.0 Å². The maximum absolute atomic E-state index is 12.6. The molecule has 19 heavy (non-hydrogen) atoms. The third-order valence-corrected chi connectivity index (χ3v) is 5.39. The van der Waals surface area contributed by atoms with Crippen LogP contribution >= 0.6 is 11.8 Å². The average molecular weight is 285 g/mol. The number of hydrogen-bond acceptors (Lipinski definition) is 3. The van der Waals surface area contributed by atoms with Gasteiger partial charge in [-0.1, -0.05) is 20.8 Å². The molecule has 0 aromatic heterocycles. The van der Waals surface area contributed by atoms with E-state index < -0.39 is 11.9 Å². The molecule has 1 saturated heterocycles. The predicted molar refractivity (Wildman–Crippen MR) is 76.1 cm³/mol. The van der Waals surface area contributed by atoms with Gasteiger partial charge in [-0.15, -0.1) is 0 Å². The minimum absolute atomic E-state index is 0.0655. The molecule has 5 atom stereocenters. The van der Waals surface area contributed by atoms with Crippen molar-refractivity contribution < 1.29 is 14.7 Å². The first kappa shape index (κ1) is 14.7. The highest BCUT2D eigenvalue weighted by molar-refractivity contribution is 8.00. The van der Waals surface area contributed by atoms with Gasteiger partial charge in [-0.05, 0) is 18.8 Å². The largest absolute Gasteiger partial charge is 0.481 e. The summed E-state index contributed by atoms with van der Waals surface area (Å²) in [6.07, 6.45) is 1.36. The van der Waals surface area contributed by atoms with E-state index in [9.17, 15) is 14.7 Å². The quantitative estimate of drug-likeness (QED) is 0.844. The van der Waals surface area contributed by atoms with E-state index >= 15 is 0 Å². The maximum Gasteiger partial charge on any atom is 0.307 e. The number of aliphatic carboxylic acids is 1. The summed E-state index contributed by atoms with van der Waals surface area (Å²) in [5.41, 5.74) is 0. The lowest BCUT2D eigenvalue weighted by atomic mass is 9.94. The summed E-state index contributed by atoms with van der Waals surface area (Å²) in [7, 11) is 0. The van der Waals surface area contributed by atoms with Crippen molar-refractivity contribution in [1.29, 1.82) is 0 Å². The number of hydrogen-bond donors (Lipinski definition) is 1. The van der Waals surface area contributed by atoms with Gasteiger partial charge in [0.25, 0.3) is 0 Å². The van der Waals surface area contributed by atoms with Crippen molar-refractivity contribution >= 4 is 23.6 Å². The van der Waals surface area contributed by atoms with Gasteiger partial charge in [-0.3, -0.25) is 9.59 Å². The molecule has 1 heterocycles. The predicted octanol–water partition coefficient (Wildman–Crippen LogP) is 2.09. The number of amides is 1. The fourth-order valence-corrected chi connectivity index (χ4v) is 4.76. The summed E-state index contributed by atoms with van der Waals surface area (Å²) in [6.45, 7) is 7.82. The van der Waals surface area contributed by atoms with Crippen LogP contribution in [0.3, 0.4) is 0 Å². The van der Waals surface area contributed by atoms with E-state index in [0.29, 0.717) is 22.8 Å². The highest BCUT2D eigenvalue weighted by Crippen LogP contribution is 2.38. The van der Waals surface area contributed by atoms with Crippen molar-refractivity contribution in [2.75, 3.05) is 13.1 Å². The summed E-state index contributed by atoms with van der Waals surface area (Å²) in [5.74, 6) is -1.20. The Bertz CT molecular complexity index is 364. The van der Waals surface area contributed by atoms with E-state index in [2.05, 4.69) is 13.8 Å². The minimum Gasteiger partial charge on any atom is -0.481 e. The smallest absolute Gasteiger partial charge is 0.307 e. The monoisotopic (exact) mass is 285 g/mol. The molecule has 3 unspecified atom stereocenters. The minimum atomic E-state index is -0.810. The molecule has 5 heteroatoms. The Hall–Kier alpha value is -0.710. The van der Waals surface area contributed by atoms with Gasteiger partial charge in [0.05, 0.1) is 11.8 Å². The topological polar surface area (TPSA) is 57.6 Å². The van der Waals surface area contributed by atoms with E-state index in [4.69, 9.17) is 0 Å². The van der Waals surface area contributed by atoms with Crippen LogP contribution in [0.25, 0.3) is 0 Å². The summed E-state index contributed by atoms with van der Waals surface area (Å²) in [5, 5.41) is 10.2. The van der Waals surface area contributed by atoms with Crippen molar-refractivity contribution in [1.82, 2.24) is 4.90 Å². The van der Waals surface area contributed by atoms with Crippen molar-refractivity contribution in [2.45, 2.75) is 44.1 Å². The number of thioether (sulfide) groups is 1. The van der Waals surface area contributed by atoms with Crippen LogP contribution in [-0.4, -0.2) is 45.5 Å². The Morgan fingerprint density at radius 3 is 2.11 bits per heavy atom. The number of carboxylic acids is 1. The first-order valence-corrected chi connectivity index (χ1v) is 7.99. The van der Waals surface area contributed by atoms with Crippen LogP contribution in [0, 0.1) is 17.8 Å². The maximum atomic E-state index is 12.6. The van der Waals surface area contributed by atoms with Crippen LogP contribution in [0.2, 0.25) is 0 Å². The molecule has 0 aromatic rings. The summed E-state index contributed by atoms with van der Waals surface area (Å²) >= 11 is 1.90. The second-order valence-electron chi connectivity index (χ2n) is 6.13. The molecule has 0 spiro atoms. The molecule has 108 valence electrons. The average Bonchev–Trinajstić information content (AvgIpc) is 2.69. The first-order valence-electron chi connectivity index (χ1n) is 7.05. The van der Waals surface area contributed by atoms with Crippen molar-refractivity contribution in [2.24, 2.45) is 17.8 Å². The normalized spacial score (nSPS) is 39.3. The molecule has 1 N–H and O–H groups in total. The lowest BCUT2D eigenvalue weighted by Gasteiger charge is -2.36. The van der Waals surface area contributed by atoms with Crippen molar-refractivity contribution in [3.63, 3.8) is 0 Å². The fourth-order valence-electron chi connectivity index (χ4n) is 3.43. The molecule has 2 aliphatic rings. The number of carboxylic acid groups (broad SMARTS) is 1. The van der Waals surface area contributed by atoms with Gasteiger partial charge in [0.15, 0.2) is 0 Å². The zero-order valence-electron chi connectivity index (χ0n) is 11.8.